The van der Waals surface area contributed by atoms with E-state index < -0.39 is 17.6 Å². The van der Waals surface area contributed by atoms with E-state index in [2.05, 4.69) is 15.8 Å². The van der Waals surface area contributed by atoms with Crippen molar-refractivity contribution in [3.8, 4) is 0 Å². The predicted octanol–water partition coefficient (Wildman–Crippen LogP) is 4.17. The van der Waals surface area contributed by atoms with Crippen molar-refractivity contribution >= 4 is 29.2 Å². The van der Waals surface area contributed by atoms with Crippen molar-refractivity contribution in [1.82, 2.24) is 5.43 Å². The summed E-state index contributed by atoms with van der Waals surface area (Å²) in [5.74, 6) is -0.449. The van der Waals surface area contributed by atoms with Gasteiger partial charge >= 0.3 is 6.18 Å². The molecule has 0 fully saturated rings. The topological polar surface area (TPSA) is 36.4 Å². The fourth-order valence-corrected chi connectivity index (χ4v) is 1.84. The molecular formula is C15H11F4N3S. The molecule has 0 aromatic heterocycles. The Balaban J connectivity index is 1.97. The molecule has 0 aliphatic heterocycles. The van der Waals surface area contributed by atoms with Gasteiger partial charge in [0.15, 0.2) is 5.11 Å². The van der Waals surface area contributed by atoms with E-state index in [9.17, 15) is 17.6 Å². The molecule has 0 atom stereocenters. The highest BCUT2D eigenvalue weighted by molar-refractivity contribution is 7.80. The molecule has 0 radical (unpaired) electrons. The van der Waals surface area contributed by atoms with Gasteiger partial charge in [0, 0.05) is 11.3 Å². The maximum Gasteiger partial charge on any atom is 0.416 e. The van der Waals surface area contributed by atoms with Crippen LogP contribution in [0.3, 0.4) is 0 Å². The van der Waals surface area contributed by atoms with E-state index in [0.29, 0.717) is 0 Å². The highest BCUT2D eigenvalue weighted by Gasteiger charge is 2.30. The van der Waals surface area contributed by atoms with Crippen LogP contribution in [0.15, 0.2) is 53.6 Å². The van der Waals surface area contributed by atoms with Crippen LogP contribution >= 0.6 is 12.2 Å². The lowest BCUT2D eigenvalue weighted by molar-refractivity contribution is -0.137. The van der Waals surface area contributed by atoms with Crippen LogP contribution in [0.25, 0.3) is 0 Å². The summed E-state index contributed by atoms with van der Waals surface area (Å²) in [6, 6.07) is 10.6. The summed E-state index contributed by atoms with van der Waals surface area (Å²) in [6.45, 7) is 0. The largest absolute Gasteiger partial charge is 0.416 e. The van der Waals surface area contributed by atoms with Crippen LogP contribution < -0.4 is 10.7 Å². The maximum atomic E-state index is 13.3. The Hall–Kier alpha value is -2.48. The van der Waals surface area contributed by atoms with E-state index in [0.717, 1.165) is 12.1 Å². The molecule has 2 N–H and O–H groups in total. The zero-order valence-corrected chi connectivity index (χ0v) is 12.4. The summed E-state index contributed by atoms with van der Waals surface area (Å²) < 4.78 is 51.1. The predicted molar refractivity (Wildman–Crippen MR) is 84.8 cm³/mol. The molecule has 2 rings (SSSR count). The number of hydrogen-bond donors (Lipinski definition) is 2. The third kappa shape index (κ3) is 5.03. The van der Waals surface area contributed by atoms with Crippen LogP contribution in [0.2, 0.25) is 0 Å². The molecule has 120 valence electrons. The SMILES string of the molecule is Fc1ccccc1/C=N/NC(=S)Nc1cccc(C(F)(F)F)c1. The van der Waals surface area contributed by atoms with Gasteiger partial charge in [-0.25, -0.2) is 4.39 Å². The van der Waals surface area contributed by atoms with E-state index in [1.54, 1.807) is 12.1 Å². The molecule has 23 heavy (non-hydrogen) atoms. The first-order chi connectivity index (χ1) is 10.9. The van der Waals surface area contributed by atoms with Crippen molar-refractivity contribution in [3.05, 3.63) is 65.5 Å². The molecule has 8 heteroatoms. The van der Waals surface area contributed by atoms with Gasteiger partial charge in [0.2, 0.25) is 0 Å². The molecule has 2 aromatic rings. The average molecular weight is 341 g/mol. The van der Waals surface area contributed by atoms with Gasteiger partial charge in [-0.05, 0) is 36.5 Å². The summed E-state index contributed by atoms with van der Waals surface area (Å²) in [5.41, 5.74) is 2.03. The van der Waals surface area contributed by atoms with Gasteiger partial charge < -0.3 is 5.32 Å². The third-order valence-electron chi connectivity index (χ3n) is 2.72. The smallest absolute Gasteiger partial charge is 0.331 e. The van der Waals surface area contributed by atoms with Crippen LogP contribution in [-0.2, 0) is 6.18 Å². The van der Waals surface area contributed by atoms with E-state index >= 15 is 0 Å². The fourth-order valence-electron chi connectivity index (χ4n) is 1.67. The van der Waals surface area contributed by atoms with E-state index in [1.807, 2.05) is 0 Å². The minimum absolute atomic E-state index is 0.0167. The van der Waals surface area contributed by atoms with Crippen LogP contribution in [0.1, 0.15) is 11.1 Å². The van der Waals surface area contributed by atoms with Gasteiger partial charge in [-0.1, -0.05) is 24.3 Å². The van der Waals surface area contributed by atoms with E-state index in [1.165, 1.54) is 30.5 Å². The molecule has 0 saturated carbocycles. The number of nitrogens with zero attached hydrogens (tertiary/aromatic N) is 1. The monoisotopic (exact) mass is 341 g/mol. The van der Waals surface area contributed by atoms with Crippen LogP contribution in [-0.4, -0.2) is 11.3 Å². The van der Waals surface area contributed by atoms with Crippen molar-refractivity contribution in [2.75, 3.05) is 5.32 Å². The van der Waals surface area contributed by atoms with Gasteiger partial charge in [-0.15, -0.1) is 0 Å². The van der Waals surface area contributed by atoms with Gasteiger partial charge in [-0.3, -0.25) is 5.43 Å². The minimum Gasteiger partial charge on any atom is -0.331 e. The Morgan fingerprint density at radius 2 is 1.83 bits per heavy atom. The molecule has 0 unspecified atom stereocenters. The molecule has 0 amide bonds. The van der Waals surface area contributed by atoms with Gasteiger partial charge in [0.05, 0.1) is 11.8 Å². The molecule has 0 aliphatic rings. The van der Waals surface area contributed by atoms with E-state index in [-0.39, 0.29) is 16.4 Å². The molecule has 0 aliphatic carbocycles. The molecule has 3 nitrogen and oxygen atoms in total. The first-order valence-corrected chi connectivity index (χ1v) is 6.79. The van der Waals surface area contributed by atoms with Gasteiger partial charge in [0.25, 0.3) is 0 Å². The molecule has 0 bridgehead atoms. The number of hydrogen-bond acceptors (Lipinski definition) is 2. The summed E-state index contributed by atoms with van der Waals surface area (Å²) in [5, 5.41) is 6.28. The molecule has 0 saturated heterocycles. The number of rotatable bonds is 3. The van der Waals surface area contributed by atoms with E-state index in [4.69, 9.17) is 12.2 Å². The van der Waals surface area contributed by atoms with Crippen LogP contribution in [0.4, 0.5) is 23.2 Å². The summed E-state index contributed by atoms with van der Waals surface area (Å²) in [6.07, 6.45) is -3.22. The Morgan fingerprint density at radius 1 is 1.09 bits per heavy atom. The van der Waals surface area contributed by atoms with Crippen LogP contribution in [0.5, 0.6) is 0 Å². The molecule has 2 aromatic carbocycles. The Bertz CT molecular complexity index is 729. The number of alkyl halides is 3. The third-order valence-corrected chi connectivity index (χ3v) is 2.92. The van der Waals surface area contributed by atoms with Gasteiger partial charge in [-0.2, -0.15) is 18.3 Å². The first-order valence-electron chi connectivity index (χ1n) is 6.38. The number of thiocarbonyl (C=S) groups is 1. The summed E-state index contributed by atoms with van der Waals surface area (Å²) >= 11 is 4.91. The Kier molecular flexibility index (Phi) is 5.28. The van der Waals surface area contributed by atoms with Crippen molar-refractivity contribution in [3.63, 3.8) is 0 Å². The van der Waals surface area contributed by atoms with Crippen LogP contribution in [0, 0.1) is 5.82 Å². The fraction of sp³-hybridized carbons (Fsp3) is 0.0667. The lowest BCUT2D eigenvalue weighted by Gasteiger charge is -2.10. The van der Waals surface area contributed by atoms with Crippen molar-refractivity contribution in [2.24, 2.45) is 5.10 Å². The molecular weight excluding hydrogens is 330 g/mol. The highest BCUT2D eigenvalue weighted by Crippen LogP contribution is 2.30. The standard InChI is InChI=1S/C15H11F4N3S/c16-13-7-2-1-4-10(13)9-20-22-14(23)21-12-6-3-5-11(8-12)15(17,18)19/h1-9H,(H2,21,22,23)/b20-9+. The summed E-state index contributed by atoms with van der Waals surface area (Å²) in [4.78, 5) is 0. The lowest BCUT2D eigenvalue weighted by atomic mass is 10.2. The molecule has 0 heterocycles. The lowest BCUT2D eigenvalue weighted by Crippen LogP contribution is -2.24. The zero-order chi connectivity index (χ0) is 16.9. The van der Waals surface area contributed by atoms with Gasteiger partial charge in [0.1, 0.15) is 5.82 Å². The second kappa shape index (κ2) is 7.19. The number of nitrogens with one attached hydrogen (secondary N) is 2. The maximum absolute atomic E-state index is 13.3. The Morgan fingerprint density at radius 3 is 2.52 bits per heavy atom. The first kappa shape index (κ1) is 16.9. The second-order valence-electron chi connectivity index (χ2n) is 4.42. The quantitative estimate of drug-likeness (QED) is 0.381. The average Bonchev–Trinajstić information content (AvgIpc) is 2.48. The minimum atomic E-state index is -4.43. The number of anilines is 1. The molecule has 0 spiro atoms. The van der Waals surface area contributed by atoms with Crippen molar-refractivity contribution < 1.29 is 17.6 Å². The summed E-state index contributed by atoms with van der Waals surface area (Å²) in [7, 11) is 0. The highest BCUT2D eigenvalue weighted by atomic mass is 32.1. The van der Waals surface area contributed by atoms with Crippen molar-refractivity contribution in [1.29, 1.82) is 0 Å². The second-order valence-corrected chi connectivity index (χ2v) is 4.83. The zero-order valence-electron chi connectivity index (χ0n) is 11.6. The Labute approximate surface area is 135 Å². The number of halogens is 4. The number of benzene rings is 2. The van der Waals surface area contributed by atoms with Crippen molar-refractivity contribution in [2.45, 2.75) is 6.18 Å². The normalized spacial score (nSPS) is 11.5. The number of hydrazone groups is 1.